The van der Waals surface area contributed by atoms with Gasteiger partial charge in [-0.05, 0) is 36.3 Å². The molecule has 3 aromatic rings. The Morgan fingerprint density at radius 1 is 1.10 bits per heavy atom. The lowest BCUT2D eigenvalue weighted by atomic mass is 10.1. The number of nitrogens with one attached hydrogen (secondary N) is 1. The van der Waals surface area contributed by atoms with Crippen LogP contribution in [0.2, 0.25) is 0 Å². The minimum Gasteiger partial charge on any atom is -0.465 e. The van der Waals surface area contributed by atoms with Gasteiger partial charge < -0.3 is 15.0 Å². The van der Waals surface area contributed by atoms with Gasteiger partial charge in [0, 0.05) is 18.7 Å². The molecule has 1 fully saturated rings. The van der Waals surface area contributed by atoms with E-state index in [1.54, 1.807) is 12.1 Å². The number of ether oxygens (including phenoxy) is 1. The van der Waals surface area contributed by atoms with Crippen LogP contribution in [-0.4, -0.2) is 52.3 Å². The molecule has 0 radical (unpaired) electrons. The monoisotopic (exact) mass is 406 g/mol. The summed E-state index contributed by atoms with van der Waals surface area (Å²) >= 11 is 0. The van der Waals surface area contributed by atoms with Crippen molar-refractivity contribution in [1.29, 1.82) is 0 Å². The topological polar surface area (TPSA) is 102 Å². The number of hydrogen-bond acceptors (Lipinski definition) is 7. The summed E-state index contributed by atoms with van der Waals surface area (Å²) in [7, 11) is 1.33. The Bertz CT molecular complexity index is 1040. The number of amides is 1. The van der Waals surface area contributed by atoms with E-state index >= 15 is 0 Å². The van der Waals surface area contributed by atoms with Gasteiger partial charge in [-0.1, -0.05) is 30.3 Å². The molecule has 1 aromatic heterocycles. The van der Waals surface area contributed by atoms with Crippen molar-refractivity contribution < 1.29 is 14.3 Å². The number of benzene rings is 2. The van der Waals surface area contributed by atoms with Gasteiger partial charge >= 0.3 is 5.97 Å². The number of anilines is 2. The predicted octanol–water partition coefficient (Wildman–Crippen LogP) is 2.37. The molecule has 1 aliphatic heterocycles. The quantitative estimate of drug-likeness (QED) is 0.627. The summed E-state index contributed by atoms with van der Waals surface area (Å²) in [6.45, 7) is 1.72. The highest BCUT2D eigenvalue weighted by Gasteiger charge is 2.19. The van der Waals surface area contributed by atoms with Gasteiger partial charge in [-0.25, -0.2) is 4.79 Å². The van der Waals surface area contributed by atoms with Crippen molar-refractivity contribution >= 4 is 23.3 Å². The Morgan fingerprint density at radius 2 is 1.87 bits per heavy atom. The number of methoxy groups -OCH3 is 1. The first kappa shape index (κ1) is 19.6. The normalized spacial score (nSPS) is 13.3. The number of carbonyl (C=O) groups is 2. The molecule has 0 atom stereocenters. The van der Waals surface area contributed by atoms with E-state index in [1.807, 2.05) is 36.4 Å². The molecule has 1 aliphatic rings. The first-order valence-corrected chi connectivity index (χ1v) is 9.74. The van der Waals surface area contributed by atoms with E-state index in [9.17, 15) is 9.59 Å². The molecule has 0 spiro atoms. The van der Waals surface area contributed by atoms with Crippen molar-refractivity contribution in [2.24, 2.45) is 0 Å². The maximum Gasteiger partial charge on any atom is 0.337 e. The molecule has 9 heteroatoms. The Labute approximate surface area is 173 Å². The smallest absolute Gasteiger partial charge is 0.337 e. The van der Waals surface area contributed by atoms with Crippen molar-refractivity contribution in [2.45, 2.75) is 19.4 Å². The highest BCUT2D eigenvalue weighted by atomic mass is 16.5. The number of nitrogens with zero attached hydrogens (tertiary/aromatic N) is 5. The summed E-state index contributed by atoms with van der Waals surface area (Å²) in [5.41, 5.74) is 2.64. The third-order valence-corrected chi connectivity index (χ3v) is 4.91. The van der Waals surface area contributed by atoms with E-state index in [0.717, 1.165) is 37.2 Å². The van der Waals surface area contributed by atoms with Crippen LogP contribution in [0.3, 0.4) is 0 Å². The van der Waals surface area contributed by atoms with Crippen LogP contribution in [0, 0.1) is 0 Å². The Balaban J connectivity index is 1.52. The number of aromatic nitrogens is 4. The average molecular weight is 406 g/mol. The van der Waals surface area contributed by atoms with Gasteiger partial charge in [0.2, 0.25) is 11.7 Å². The van der Waals surface area contributed by atoms with E-state index in [-0.39, 0.29) is 12.5 Å². The lowest BCUT2D eigenvalue weighted by Gasteiger charge is -2.22. The van der Waals surface area contributed by atoms with E-state index < -0.39 is 5.97 Å². The Kier molecular flexibility index (Phi) is 5.69. The number of carbonyl (C=O) groups excluding carboxylic acids is 2. The number of esters is 1. The largest absolute Gasteiger partial charge is 0.465 e. The van der Waals surface area contributed by atoms with Crippen molar-refractivity contribution in [2.75, 3.05) is 30.4 Å². The molecule has 0 aliphatic carbocycles. The first-order valence-electron chi connectivity index (χ1n) is 9.74. The fourth-order valence-electron chi connectivity index (χ4n) is 3.45. The Morgan fingerprint density at radius 3 is 2.60 bits per heavy atom. The summed E-state index contributed by atoms with van der Waals surface area (Å²) in [4.78, 5) is 28.0. The lowest BCUT2D eigenvalue weighted by molar-refractivity contribution is -0.117. The second-order valence-electron chi connectivity index (χ2n) is 6.98. The Hall–Kier alpha value is -3.75. The molecule has 2 heterocycles. The lowest BCUT2D eigenvalue weighted by Crippen LogP contribution is -2.24. The molecule has 0 bridgehead atoms. The van der Waals surface area contributed by atoms with Crippen LogP contribution in [0.25, 0.3) is 11.4 Å². The number of hydrogen-bond donors (Lipinski definition) is 1. The van der Waals surface area contributed by atoms with Gasteiger partial charge in [-0.3, -0.25) is 4.79 Å². The number of tetrazole rings is 1. The SMILES string of the molecule is COC(=O)c1ccc(N2CCCC2)c(NC(=O)Cn2nnc(-c3ccccc3)n2)c1. The minimum absolute atomic E-state index is 0.0955. The van der Waals surface area contributed by atoms with Crippen LogP contribution in [0.5, 0.6) is 0 Å². The van der Waals surface area contributed by atoms with Crippen LogP contribution in [0.4, 0.5) is 11.4 Å². The van der Waals surface area contributed by atoms with Crippen molar-refractivity contribution in [1.82, 2.24) is 20.2 Å². The third-order valence-electron chi connectivity index (χ3n) is 4.91. The average Bonchev–Trinajstić information content (AvgIpc) is 3.46. The molecule has 30 heavy (non-hydrogen) atoms. The van der Waals surface area contributed by atoms with Crippen LogP contribution < -0.4 is 10.2 Å². The van der Waals surface area contributed by atoms with Crippen molar-refractivity contribution in [3.63, 3.8) is 0 Å². The summed E-state index contributed by atoms with van der Waals surface area (Å²) in [6, 6.07) is 14.6. The molecule has 2 aromatic carbocycles. The van der Waals surface area contributed by atoms with Gasteiger partial charge in [0.1, 0.15) is 6.54 Å². The molecule has 9 nitrogen and oxygen atoms in total. The van der Waals surface area contributed by atoms with Gasteiger partial charge in [0.25, 0.3) is 0 Å². The van der Waals surface area contributed by atoms with Crippen LogP contribution in [0.15, 0.2) is 48.5 Å². The van der Waals surface area contributed by atoms with E-state index in [0.29, 0.717) is 17.1 Å². The van der Waals surface area contributed by atoms with E-state index in [1.165, 1.54) is 11.9 Å². The van der Waals surface area contributed by atoms with Gasteiger partial charge in [-0.15, -0.1) is 10.2 Å². The first-order chi connectivity index (χ1) is 14.6. The zero-order valence-corrected chi connectivity index (χ0v) is 16.6. The molecule has 1 N–H and O–H groups in total. The maximum atomic E-state index is 12.7. The van der Waals surface area contributed by atoms with E-state index in [2.05, 4.69) is 25.6 Å². The standard InChI is InChI=1S/C21H22N6O3/c1-30-21(29)16-9-10-18(26-11-5-6-12-26)17(13-16)22-19(28)14-27-24-20(23-25-27)15-7-3-2-4-8-15/h2-4,7-10,13H,5-6,11-12,14H2,1H3,(H,22,28). The molecule has 0 saturated carbocycles. The maximum absolute atomic E-state index is 12.7. The second kappa shape index (κ2) is 8.73. The zero-order valence-electron chi connectivity index (χ0n) is 16.6. The summed E-state index contributed by atoms with van der Waals surface area (Å²) < 4.78 is 4.80. The van der Waals surface area contributed by atoms with Gasteiger partial charge in [-0.2, -0.15) is 4.80 Å². The van der Waals surface area contributed by atoms with Crippen molar-refractivity contribution in [3.8, 4) is 11.4 Å². The minimum atomic E-state index is -0.455. The molecule has 0 unspecified atom stereocenters. The highest BCUT2D eigenvalue weighted by Crippen LogP contribution is 2.30. The molecule has 1 amide bonds. The van der Waals surface area contributed by atoms with E-state index in [4.69, 9.17) is 4.74 Å². The zero-order chi connectivity index (χ0) is 20.9. The summed E-state index contributed by atoms with van der Waals surface area (Å²) in [5, 5.41) is 15.1. The van der Waals surface area contributed by atoms with Gasteiger partial charge in [0.05, 0.1) is 24.0 Å². The molecule has 154 valence electrons. The highest BCUT2D eigenvalue weighted by molar-refractivity contribution is 5.98. The number of rotatable bonds is 6. The van der Waals surface area contributed by atoms with Crippen LogP contribution in [-0.2, 0) is 16.1 Å². The van der Waals surface area contributed by atoms with Gasteiger partial charge in [0.15, 0.2) is 0 Å². The molecular formula is C21H22N6O3. The molecule has 1 saturated heterocycles. The summed E-state index contributed by atoms with van der Waals surface area (Å²) in [5.74, 6) is -0.313. The predicted molar refractivity (Wildman–Crippen MR) is 111 cm³/mol. The fourth-order valence-corrected chi connectivity index (χ4v) is 3.45. The summed E-state index contributed by atoms with van der Waals surface area (Å²) in [6.07, 6.45) is 2.19. The molecular weight excluding hydrogens is 384 g/mol. The van der Waals surface area contributed by atoms with Crippen LogP contribution >= 0.6 is 0 Å². The second-order valence-corrected chi connectivity index (χ2v) is 6.98. The fraction of sp³-hybridized carbons (Fsp3) is 0.286. The molecule has 4 rings (SSSR count). The third kappa shape index (κ3) is 4.29. The van der Waals surface area contributed by atoms with Crippen molar-refractivity contribution in [3.05, 3.63) is 54.1 Å². The van der Waals surface area contributed by atoms with Crippen LogP contribution in [0.1, 0.15) is 23.2 Å².